The van der Waals surface area contributed by atoms with Crippen molar-refractivity contribution in [3.8, 4) is 0 Å². The maximum atomic E-state index is 3.69. The molecule has 2 aromatic rings. The summed E-state index contributed by atoms with van der Waals surface area (Å²) in [4.78, 5) is 2.23. The Labute approximate surface area is 152 Å². The zero-order valence-electron chi connectivity index (χ0n) is 16.2. The van der Waals surface area contributed by atoms with E-state index < -0.39 is 0 Å². The van der Waals surface area contributed by atoms with Crippen molar-refractivity contribution in [3.05, 3.63) is 65.3 Å². The van der Waals surface area contributed by atoms with Gasteiger partial charge in [-0.15, -0.1) is 0 Å². The summed E-state index contributed by atoms with van der Waals surface area (Å²) in [6, 6.07) is 13.3. The number of nitrogens with zero attached hydrogens (tertiary/aromatic N) is 1. The zero-order chi connectivity index (χ0) is 18.0. The highest BCUT2D eigenvalue weighted by atomic mass is 15.0. The van der Waals surface area contributed by atoms with Crippen LogP contribution < -0.4 is 5.32 Å². The fourth-order valence-corrected chi connectivity index (χ4v) is 3.43. The standard InChI is InChI=1S/C23H30N2/c1-23(2,3)24-15-22-20-9-7-6-8-18(20)12-13-21(22)19-11-10-17(14-19)16-25(4)5/h6-10,12-14,24H,11,15-16H2,1-5H3. The number of hydrogen-bond acceptors (Lipinski definition) is 2. The van der Waals surface area contributed by atoms with E-state index in [0.717, 1.165) is 19.5 Å². The first-order valence-electron chi connectivity index (χ1n) is 9.14. The molecule has 0 heterocycles. The summed E-state index contributed by atoms with van der Waals surface area (Å²) in [7, 11) is 4.25. The van der Waals surface area contributed by atoms with Crippen LogP contribution in [0.5, 0.6) is 0 Å². The van der Waals surface area contributed by atoms with Crippen LogP contribution in [0.15, 0.2) is 54.1 Å². The Bertz CT molecular complexity index is 820. The number of hydrogen-bond donors (Lipinski definition) is 1. The van der Waals surface area contributed by atoms with Crippen LogP contribution in [-0.4, -0.2) is 31.1 Å². The molecular weight excluding hydrogens is 304 g/mol. The maximum absolute atomic E-state index is 3.69. The summed E-state index contributed by atoms with van der Waals surface area (Å²) in [6.07, 6.45) is 5.78. The lowest BCUT2D eigenvalue weighted by Crippen LogP contribution is -2.35. The largest absolute Gasteiger partial charge is 0.308 e. The van der Waals surface area contributed by atoms with Gasteiger partial charge >= 0.3 is 0 Å². The first-order valence-corrected chi connectivity index (χ1v) is 9.14. The molecule has 3 rings (SSSR count). The Morgan fingerprint density at radius 1 is 1.04 bits per heavy atom. The van der Waals surface area contributed by atoms with Crippen molar-refractivity contribution in [1.82, 2.24) is 10.2 Å². The molecule has 0 saturated carbocycles. The van der Waals surface area contributed by atoms with Crippen LogP contribution in [0.4, 0.5) is 0 Å². The van der Waals surface area contributed by atoms with Crippen molar-refractivity contribution in [2.75, 3.05) is 20.6 Å². The SMILES string of the molecule is CN(C)CC1=CCC(c2ccc3ccccc3c2CNC(C)(C)C)=C1. The molecule has 0 unspecified atom stereocenters. The first kappa shape index (κ1) is 17.9. The first-order chi connectivity index (χ1) is 11.8. The minimum absolute atomic E-state index is 0.104. The molecule has 2 heteroatoms. The molecule has 0 radical (unpaired) electrons. The predicted octanol–water partition coefficient (Wildman–Crippen LogP) is 5.00. The Kier molecular flexibility index (Phi) is 5.12. The number of nitrogens with one attached hydrogen (secondary N) is 1. The quantitative estimate of drug-likeness (QED) is 0.827. The molecule has 1 aliphatic rings. The van der Waals surface area contributed by atoms with Crippen molar-refractivity contribution in [3.63, 3.8) is 0 Å². The number of likely N-dealkylation sites (N-methyl/N-ethyl adjacent to an activating group) is 1. The lowest BCUT2D eigenvalue weighted by atomic mass is 9.93. The molecule has 0 spiro atoms. The molecule has 2 nitrogen and oxygen atoms in total. The summed E-state index contributed by atoms with van der Waals surface area (Å²) < 4.78 is 0. The van der Waals surface area contributed by atoms with E-state index in [4.69, 9.17) is 0 Å². The highest BCUT2D eigenvalue weighted by Crippen LogP contribution is 2.33. The van der Waals surface area contributed by atoms with E-state index in [9.17, 15) is 0 Å². The monoisotopic (exact) mass is 334 g/mol. The van der Waals surface area contributed by atoms with Crippen molar-refractivity contribution >= 4 is 16.3 Å². The maximum Gasteiger partial charge on any atom is 0.0224 e. The van der Waals surface area contributed by atoms with Crippen LogP contribution in [0.3, 0.4) is 0 Å². The van der Waals surface area contributed by atoms with E-state index >= 15 is 0 Å². The fourth-order valence-electron chi connectivity index (χ4n) is 3.43. The van der Waals surface area contributed by atoms with Crippen LogP contribution in [0.1, 0.15) is 38.3 Å². The van der Waals surface area contributed by atoms with Gasteiger partial charge in [0.15, 0.2) is 0 Å². The van der Waals surface area contributed by atoms with Gasteiger partial charge in [0, 0.05) is 18.6 Å². The molecule has 1 N–H and O–H groups in total. The summed E-state index contributed by atoms with van der Waals surface area (Å²) in [6.45, 7) is 8.57. The second-order valence-electron chi connectivity index (χ2n) is 8.31. The highest BCUT2D eigenvalue weighted by Gasteiger charge is 2.17. The molecule has 132 valence electrons. The lowest BCUT2D eigenvalue weighted by molar-refractivity contribution is 0.425. The summed E-state index contributed by atoms with van der Waals surface area (Å²) in [5.41, 5.74) is 5.77. The molecular formula is C23H30N2. The predicted molar refractivity (Wildman–Crippen MR) is 110 cm³/mol. The number of fused-ring (bicyclic) bond motifs is 1. The third kappa shape index (κ3) is 4.39. The van der Waals surface area contributed by atoms with E-state index in [2.05, 4.69) is 93.6 Å². The van der Waals surface area contributed by atoms with Gasteiger partial charge in [0.2, 0.25) is 0 Å². The molecule has 1 aliphatic carbocycles. The lowest BCUT2D eigenvalue weighted by Gasteiger charge is -2.23. The Morgan fingerprint density at radius 2 is 1.80 bits per heavy atom. The van der Waals surface area contributed by atoms with E-state index in [1.807, 2.05) is 0 Å². The molecule has 0 amide bonds. The van der Waals surface area contributed by atoms with Crippen LogP contribution in [0, 0.1) is 0 Å². The van der Waals surface area contributed by atoms with Crippen LogP contribution in [-0.2, 0) is 6.54 Å². The minimum Gasteiger partial charge on any atom is -0.308 e. The molecule has 0 atom stereocenters. The fraction of sp³-hybridized carbons (Fsp3) is 0.391. The number of rotatable bonds is 5. The van der Waals surface area contributed by atoms with E-state index in [-0.39, 0.29) is 5.54 Å². The smallest absolute Gasteiger partial charge is 0.0224 e. The van der Waals surface area contributed by atoms with Gasteiger partial charge in [-0.2, -0.15) is 0 Å². The summed E-state index contributed by atoms with van der Waals surface area (Å²) in [5.74, 6) is 0. The van der Waals surface area contributed by atoms with Gasteiger partial charge in [-0.25, -0.2) is 0 Å². The molecule has 2 aromatic carbocycles. The van der Waals surface area contributed by atoms with Gasteiger partial charge in [-0.05, 0) is 74.3 Å². The third-order valence-electron chi connectivity index (χ3n) is 4.62. The van der Waals surface area contributed by atoms with E-state index in [1.54, 1.807) is 0 Å². The van der Waals surface area contributed by atoms with Crippen LogP contribution in [0.2, 0.25) is 0 Å². The van der Waals surface area contributed by atoms with Crippen LogP contribution >= 0.6 is 0 Å². The van der Waals surface area contributed by atoms with E-state index in [0.29, 0.717) is 0 Å². The summed E-state index contributed by atoms with van der Waals surface area (Å²) in [5, 5.41) is 6.36. The average Bonchev–Trinajstić information content (AvgIpc) is 2.99. The molecule has 0 fully saturated rings. The molecule has 0 bridgehead atoms. The molecule has 0 aromatic heterocycles. The topological polar surface area (TPSA) is 15.3 Å². The van der Waals surface area contributed by atoms with Crippen molar-refractivity contribution in [2.45, 2.75) is 39.3 Å². The number of allylic oxidation sites excluding steroid dienone is 2. The van der Waals surface area contributed by atoms with Gasteiger partial charge in [0.1, 0.15) is 0 Å². The van der Waals surface area contributed by atoms with Crippen LogP contribution in [0.25, 0.3) is 16.3 Å². The Hall–Kier alpha value is -1.90. The second kappa shape index (κ2) is 7.15. The molecule has 0 saturated heterocycles. The van der Waals surface area contributed by atoms with Gasteiger partial charge in [-0.1, -0.05) is 48.6 Å². The summed E-state index contributed by atoms with van der Waals surface area (Å²) >= 11 is 0. The van der Waals surface area contributed by atoms with Gasteiger partial charge in [0.05, 0.1) is 0 Å². The Morgan fingerprint density at radius 3 is 2.52 bits per heavy atom. The third-order valence-corrected chi connectivity index (χ3v) is 4.62. The highest BCUT2D eigenvalue weighted by molar-refractivity contribution is 5.91. The Balaban J connectivity index is 2.00. The average molecular weight is 335 g/mol. The van der Waals surface area contributed by atoms with Crippen molar-refractivity contribution in [2.24, 2.45) is 0 Å². The minimum atomic E-state index is 0.104. The van der Waals surface area contributed by atoms with E-state index in [1.165, 1.54) is 33.0 Å². The zero-order valence-corrected chi connectivity index (χ0v) is 16.2. The van der Waals surface area contributed by atoms with Crippen molar-refractivity contribution in [1.29, 1.82) is 0 Å². The van der Waals surface area contributed by atoms with Gasteiger partial charge in [0.25, 0.3) is 0 Å². The molecule has 0 aliphatic heterocycles. The normalized spacial score (nSPS) is 15.0. The van der Waals surface area contributed by atoms with Gasteiger partial charge in [-0.3, -0.25) is 0 Å². The second-order valence-corrected chi connectivity index (χ2v) is 8.31. The van der Waals surface area contributed by atoms with Crippen molar-refractivity contribution < 1.29 is 0 Å². The molecule has 25 heavy (non-hydrogen) atoms. The number of benzene rings is 2. The van der Waals surface area contributed by atoms with Gasteiger partial charge < -0.3 is 10.2 Å².